The smallest absolute Gasteiger partial charge is 0.343 e. The molecule has 0 unspecified atom stereocenters. The van der Waals surface area contributed by atoms with Crippen LogP contribution in [0.4, 0.5) is 0 Å². The van der Waals surface area contributed by atoms with Crippen molar-refractivity contribution in [3.8, 4) is 17.6 Å². The van der Waals surface area contributed by atoms with Crippen molar-refractivity contribution in [2.75, 3.05) is 13.7 Å². The Morgan fingerprint density at radius 2 is 1.65 bits per heavy atom. The van der Waals surface area contributed by atoms with Gasteiger partial charge in [0.1, 0.15) is 11.5 Å². The number of phenolic OH excluding ortho intramolecular Hbond substituents is 1. The number of esters is 1. The second kappa shape index (κ2) is 10.2. The molecule has 0 aromatic heterocycles. The zero-order valence-electron chi connectivity index (χ0n) is 16.7. The van der Waals surface area contributed by atoms with Gasteiger partial charge in [-0.3, -0.25) is 0 Å². The minimum Gasteiger partial charge on any atom is -0.508 e. The van der Waals surface area contributed by atoms with E-state index in [1.807, 2.05) is 24.3 Å². The Hall–Kier alpha value is -3.20. The number of nitrogens with zero attached hydrogens (tertiary/aromatic N) is 1. The average Bonchev–Trinajstić information content (AvgIpc) is 2.77. The van der Waals surface area contributed by atoms with Crippen LogP contribution in [0.5, 0.6) is 11.5 Å². The number of hydrogen-bond acceptors (Lipinski definition) is 5. The van der Waals surface area contributed by atoms with Crippen molar-refractivity contribution in [1.29, 1.82) is 5.26 Å². The van der Waals surface area contributed by atoms with E-state index >= 15 is 0 Å². The lowest BCUT2D eigenvalue weighted by molar-refractivity contribution is -0.142. The maximum Gasteiger partial charge on any atom is 0.343 e. The number of nitriles is 1. The molecule has 0 saturated carbocycles. The van der Waals surface area contributed by atoms with Gasteiger partial charge in [0.2, 0.25) is 0 Å². The highest BCUT2D eigenvalue weighted by Crippen LogP contribution is 2.33. The Labute approximate surface area is 190 Å². The van der Waals surface area contributed by atoms with Gasteiger partial charge in [-0.15, -0.1) is 0 Å². The molecule has 0 saturated heterocycles. The number of hydrogen-bond donors (Lipinski definition) is 1. The summed E-state index contributed by atoms with van der Waals surface area (Å²) in [5, 5.41) is 20.0. The molecule has 1 N–H and O–H groups in total. The molecular weight excluding hydrogens is 437 g/mol. The number of benzene rings is 3. The SMILES string of the molecule is COC(=O)COc1cc(Cl)c(Cc2ccc(O)c(Cc3ccc(C#N)cc3)c2)c(Cl)c1. The number of ether oxygens (including phenoxy) is 2. The molecule has 0 amide bonds. The number of aromatic hydroxyl groups is 1. The van der Waals surface area contributed by atoms with E-state index in [0.29, 0.717) is 39.8 Å². The summed E-state index contributed by atoms with van der Waals surface area (Å²) in [5.74, 6) is 0.0587. The Balaban J connectivity index is 1.78. The quantitative estimate of drug-likeness (QED) is 0.488. The van der Waals surface area contributed by atoms with Crippen molar-refractivity contribution in [2.24, 2.45) is 0 Å². The van der Waals surface area contributed by atoms with Gasteiger partial charge in [0, 0.05) is 22.9 Å². The van der Waals surface area contributed by atoms with Crippen LogP contribution in [0.3, 0.4) is 0 Å². The van der Waals surface area contributed by atoms with E-state index in [0.717, 1.165) is 16.7 Å². The summed E-state index contributed by atoms with van der Waals surface area (Å²) in [6.45, 7) is -0.237. The van der Waals surface area contributed by atoms with E-state index in [1.54, 1.807) is 30.3 Å². The topological polar surface area (TPSA) is 79.6 Å². The highest BCUT2D eigenvalue weighted by atomic mass is 35.5. The average molecular weight is 456 g/mol. The number of rotatable bonds is 7. The first-order valence-corrected chi connectivity index (χ1v) is 10.1. The molecule has 0 atom stereocenters. The molecule has 3 rings (SSSR count). The highest BCUT2D eigenvalue weighted by molar-refractivity contribution is 6.36. The van der Waals surface area contributed by atoms with E-state index in [-0.39, 0.29) is 12.4 Å². The number of halogens is 2. The highest BCUT2D eigenvalue weighted by Gasteiger charge is 2.13. The van der Waals surface area contributed by atoms with Crippen LogP contribution in [0.2, 0.25) is 10.0 Å². The van der Waals surface area contributed by atoms with Crippen LogP contribution in [0.1, 0.15) is 27.8 Å². The molecule has 0 fully saturated rings. The summed E-state index contributed by atoms with van der Waals surface area (Å²) in [5.41, 5.74) is 3.96. The summed E-state index contributed by atoms with van der Waals surface area (Å²) in [6.07, 6.45) is 0.975. The van der Waals surface area contributed by atoms with Crippen LogP contribution >= 0.6 is 23.2 Å². The van der Waals surface area contributed by atoms with Crippen molar-refractivity contribution in [3.63, 3.8) is 0 Å². The Morgan fingerprint density at radius 1 is 1.00 bits per heavy atom. The van der Waals surface area contributed by atoms with Gasteiger partial charge < -0.3 is 14.6 Å². The molecule has 0 aliphatic carbocycles. The summed E-state index contributed by atoms with van der Waals surface area (Å²) in [6, 6.07) is 17.9. The molecule has 0 aliphatic heterocycles. The van der Waals surface area contributed by atoms with Gasteiger partial charge in [-0.05, 0) is 52.6 Å². The molecule has 5 nitrogen and oxygen atoms in total. The number of methoxy groups -OCH3 is 1. The van der Waals surface area contributed by atoms with Crippen molar-refractivity contribution < 1.29 is 19.4 Å². The fourth-order valence-electron chi connectivity index (χ4n) is 3.04. The van der Waals surface area contributed by atoms with Gasteiger partial charge in [0.25, 0.3) is 0 Å². The summed E-state index contributed by atoms with van der Waals surface area (Å²) in [4.78, 5) is 11.2. The van der Waals surface area contributed by atoms with Crippen LogP contribution in [-0.2, 0) is 22.4 Å². The van der Waals surface area contributed by atoms with Crippen molar-refractivity contribution >= 4 is 29.2 Å². The van der Waals surface area contributed by atoms with Gasteiger partial charge in [0.05, 0.1) is 18.7 Å². The van der Waals surface area contributed by atoms with Crippen LogP contribution in [-0.4, -0.2) is 24.8 Å². The third-order valence-electron chi connectivity index (χ3n) is 4.70. The lowest BCUT2D eigenvalue weighted by atomic mass is 9.98. The first kappa shape index (κ1) is 22.5. The van der Waals surface area contributed by atoms with Crippen LogP contribution in [0, 0.1) is 11.3 Å². The number of phenols is 1. The molecule has 158 valence electrons. The van der Waals surface area contributed by atoms with Crippen LogP contribution in [0.15, 0.2) is 54.6 Å². The maximum absolute atomic E-state index is 11.2. The van der Waals surface area contributed by atoms with Gasteiger partial charge in [-0.2, -0.15) is 5.26 Å². The predicted octanol–water partition coefficient (Wildman–Crippen LogP) is 5.30. The molecule has 0 spiro atoms. The third-order valence-corrected chi connectivity index (χ3v) is 5.38. The summed E-state index contributed by atoms with van der Waals surface area (Å²) < 4.78 is 9.89. The Morgan fingerprint density at radius 3 is 2.26 bits per heavy atom. The first-order valence-electron chi connectivity index (χ1n) is 9.37. The van der Waals surface area contributed by atoms with Crippen molar-refractivity contribution in [3.05, 3.63) is 92.5 Å². The Kier molecular flexibility index (Phi) is 7.41. The second-order valence-corrected chi connectivity index (χ2v) is 7.67. The molecule has 0 radical (unpaired) electrons. The van der Waals surface area contributed by atoms with Gasteiger partial charge in [0.15, 0.2) is 6.61 Å². The van der Waals surface area contributed by atoms with E-state index in [2.05, 4.69) is 10.8 Å². The summed E-state index contributed by atoms with van der Waals surface area (Å²) >= 11 is 12.8. The third kappa shape index (κ3) is 5.91. The normalized spacial score (nSPS) is 10.4. The fraction of sp³-hybridized carbons (Fsp3) is 0.167. The molecular formula is C24H19Cl2NO4. The lowest BCUT2D eigenvalue weighted by Gasteiger charge is -2.13. The van der Waals surface area contributed by atoms with Crippen molar-refractivity contribution in [2.45, 2.75) is 12.8 Å². The van der Waals surface area contributed by atoms with Crippen molar-refractivity contribution in [1.82, 2.24) is 0 Å². The largest absolute Gasteiger partial charge is 0.508 e. The monoisotopic (exact) mass is 455 g/mol. The first-order chi connectivity index (χ1) is 14.9. The molecule has 3 aromatic rings. The minimum absolute atomic E-state index is 0.192. The lowest BCUT2D eigenvalue weighted by Crippen LogP contribution is -2.12. The van der Waals surface area contributed by atoms with E-state index in [1.165, 1.54) is 7.11 Å². The Bertz CT molecular complexity index is 1110. The van der Waals surface area contributed by atoms with E-state index in [4.69, 9.17) is 33.2 Å². The molecule has 7 heteroatoms. The fourth-order valence-corrected chi connectivity index (χ4v) is 3.65. The summed E-state index contributed by atoms with van der Waals surface area (Å²) in [7, 11) is 1.28. The van der Waals surface area contributed by atoms with E-state index in [9.17, 15) is 9.90 Å². The van der Waals surface area contributed by atoms with Gasteiger partial charge >= 0.3 is 5.97 Å². The van der Waals surface area contributed by atoms with E-state index < -0.39 is 5.97 Å². The molecule has 31 heavy (non-hydrogen) atoms. The van der Waals surface area contributed by atoms with Crippen LogP contribution < -0.4 is 4.74 Å². The molecule has 0 heterocycles. The molecule has 3 aromatic carbocycles. The zero-order valence-corrected chi connectivity index (χ0v) is 18.2. The minimum atomic E-state index is -0.504. The predicted molar refractivity (Wildman–Crippen MR) is 119 cm³/mol. The van der Waals surface area contributed by atoms with Gasteiger partial charge in [-0.25, -0.2) is 4.79 Å². The maximum atomic E-state index is 11.2. The molecule has 0 aliphatic rings. The standard InChI is InChI=1S/C24H19Cl2NO4/c1-30-24(29)14-31-19-11-21(25)20(22(26)12-19)10-17-6-7-23(28)18(9-17)8-15-2-4-16(13-27)5-3-15/h2-7,9,11-12,28H,8,10,14H2,1H3. The second-order valence-electron chi connectivity index (χ2n) is 6.86. The van der Waals surface area contributed by atoms with Crippen LogP contribution in [0.25, 0.3) is 0 Å². The zero-order chi connectivity index (χ0) is 22.4. The van der Waals surface area contributed by atoms with Gasteiger partial charge in [-0.1, -0.05) is 47.5 Å². The number of carbonyl (C=O) groups is 1. The molecule has 0 bridgehead atoms. The number of carbonyl (C=O) groups excluding carboxylic acids is 1.